The van der Waals surface area contributed by atoms with Gasteiger partial charge in [-0.2, -0.15) is 0 Å². The van der Waals surface area contributed by atoms with E-state index in [2.05, 4.69) is 14.7 Å². The highest BCUT2D eigenvalue weighted by molar-refractivity contribution is 7.92. The molecule has 230 valence electrons. The van der Waals surface area contributed by atoms with Gasteiger partial charge in [-0.15, -0.1) is 0 Å². The largest absolute Gasteiger partial charge is 0.490 e. The molecule has 1 aliphatic heterocycles. The molecule has 3 aromatic heterocycles. The van der Waals surface area contributed by atoms with E-state index in [-0.39, 0.29) is 52.2 Å². The second kappa shape index (κ2) is 10.9. The first-order chi connectivity index (χ1) is 20.9. The zero-order valence-electron chi connectivity index (χ0n) is 25.1. The van der Waals surface area contributed by atoms with Crippen LogP contribution >= 0.6 is 0 Å². The minimum Gasteiger partial charge on any atom is -0.490 e. The van der Waals surface area contributed by atoms with Crippen LogP contribution < -0.4 is 19.9 Å². The van der Waals surface area contributed by atoms with Gasteiger partial charge in [0.25, 0.3) is 10.0 Å². The van der Waals surface area contributed by atoms with E-state index in [0.717, 1.165) is 6.54 Å². The highest BCUT2D eigenvalue weighted by Gasteiger charge is 2.34. The average Bonchev–Trinajstić information content (AvgIpc) is 3.17. The molecule has 6 rings (SSSR count). The number of hydrogen-bond donors (Lipinski definition) is 1. The highest BCUT2D eigenvalue weighted by atomic mass is 32.2. The van der Waals surface area contributed by atoms with Crippen molar-refractivity contribution in [1.82, 2.24) is 24.0 Å². The predicted molar refractivity (Wildman–Crippen MR) is 166 cm³/mol. The molecule has 0 unspecified atom stereocenters. The lowest BCUT2D eigenvalue weighted by Crippen LogP contribution is -2.40. The molecule has 0 bridgehead atoms. The van der Waals surface area contributed by atoms with E-state index in [1.54, 1.807) is 36.0 Å². The summed E-state index contributed by atoms with van der Waals surface area (Å²) in [5, 5.41) is 0.484. The number of nitrogens with zero attached hydrogens (tertiary/aromatic N) is 5. The van der Waals surface area contributed by atoms with Crippen molar-refractivity contribution < 1.29 is 22.3 Å². The van der Waals surface area contributed by atoms with Crippen molar-refractivity contribution in [2.75, 3.05) is 38.6 Å². The fraction of sp³-hybridized carbons (Fsp3) is 0.323. The standard InChI is InChI=1S/C31H33FN6O5S/c1-31(2)18-43-28-25(21(32)15-22-26(28)27-24(17-33-22)37(5)30(39)38(27)31)19-14-23(29(34-16-19)42-13-9-12-36(3)4)35-44(40,41)20-10-7-6-8-11-20/h6-8,10-11,14-17,35H,9,12-13,18H2,1-5H3. The summed E-state index contributed by atoms with van der Waals surface area (Å²) in [4.78, 5) is 24.3. The molecule has 44 heavy (non-hydrogen) atoms. The molecule has 2 aromatic carbocycles. The monoisotopic (exact) mass is 620 g/mol. The fourth-order valence-corrected chi connectivity index (χ4v) is 6.57. The van der Waals surface area contributed by atoms with Gasteiger partial charge in [-0.25, -0.2) is 22.6 Å². The van der Waals surface area contributed by atoms with Gasteiger partial charge in [0.2, 0.25) is 5.88 Å². The number of ether oxygens (including phenoxy) is 2. The lowest BCUT2D eigenvalue weighted by molar-refractivity contribution is 0.189. The molecule has 0 spiro atoms. The van der Waals surface area contributed by atoms with Crippen molar-refractivity contribution >= 4 is 37.6 Å². The first-order valence-corrected chi connectivity index (χ1v) is 15.6. The molecule has 0 amide bonds. The van der Waals surface area contributed by atoms with Crippen molar-refractivity contribution in [2.45, 2.75) is 30.7 Å². The number of sulfonamides is 1. The van der Waals surface area contributed by atoms with Gasteiger partial charge in [-0.1, -0.05) is 18.2 Å². The molecule has 1 aliphatic rings. The van der Waals surface area contributed by atoms with Crippen LogP contribution in [0.25, 0.3) is 33.1 Å². The third kappa shape index (κ3) is 5.05. The van der Waals surface area contributed by atoms with Crippen LogP contribution in [0.5, 0.6) is 11.6 Å². The van der Waals surface area contributed by atoms with Crippen molar-refractivity contribution in [3.8, 4) is 22.8 Å². The fourth-order valence-electron chi connectivity index (χ4n) is 5.50. The Bertz CT molecular complexity index is 2070. The highest BCUT2D eigenvalue weighted by Crippen LogP contribution is 2.45. The predicted octanol–water partition coefficient (Wildman–Crippen LogP) is 4.35. The Hall–Kier alpha value is -4.49. The van der Waals surface area contributed by atoms with E-state index in [1.807, 2.05) is 32.8 Å². The topological polar surface area (TPSA) is 121 Å². The molecule has 13 heteroatoms. The number of halogens is 1. The van der Waals surface area contributed by atoms with Gasteiger partial charge in [0.05, 0.1) is 50.7 Å². The molecule has 0 saturated heterocycles. The van der Waals surface area contributed by atoms with Crippen LogP contribution in [0.2, 0.25) is 0 Å². The molecule has 0 radical (unpaired) electrons. The summed E-state index contributed by atoms with van der Waals surface area (Å²) in [5.74, 6) is -0.384. The van der Waals surface area contributed by atoms with Gasteiger partial charge in [0.1, 0.15) is 23.9 Å². The Morgan fingerprint density at radius 2 is 1.89 bits per heavy atom. The number of aromatic nitrogens is 4. The molecule has 0 fully saturated rings. The Morgan fingerprint density at radius 3 is 2.61 bits per heavy atom. The number of rotatable bonds is 9. The van der Waals surface area contributed by atoms with Gasteiger partial charge < -0.3 is 14.4 Å². The summed E-state index contributed by atoms with van der Waals surface area (Å²) >= 11 is 0. The van der Waals surface area contributed by atoms with Crippen LogP contribution in [-0.2, 0) is 22.6 Å². The van der Waals surface area contributed by atoms with Crippen molar-refractivity contribution in [2.24, 2.45) is 7.05 Å². The summed E-state index contributed by atoms with van der Waals surface area (Å²) in [6.07, 6.45) is 3.66. The number of hydrogen-bond acceptors (Lipinski definition) is 8. The third-order valence-electron chi connectivity index (χ3n) is 7.68. The first kappa shape index (κ1) is 29.6. The van der Waals surface area contributed by atoms with Gasteiger partial charge >= 0.3 is 5.69 Å². The third-order valence-corrected chi connectivity index (χ3v) is 9.06. The maximum absolute atomic E-state index is 16.0. The summed E-state index contributed by atoms with van der Waals surface area (Å²) in [6, 6.07) is 10.7. The second-order valence-corrected chi connectivity index (χ2v) is 13.4. The number of aryl methyl sites for hydroxylation is 1. The van der Waals surface area contributed by atoms with E-state index in [4.69, 9.17) is 9.47 Å². The maximum atomic E-state index is 16.0. The minimum atomic E-state index is -4.04. The number of nitrogens with one attached hydrogen (secondary N) is 1. The van der Waals surface area contributed by atoms with Crippen LogP contribution in [-0.4, -0.2) is 66.3 Å². The van der Waals surface area contributed by atoms with Crippen LogP contribution in [0.1, 0.15) is 20.3 Å². The molecule has 11 nitrogen and oxygen atoms in total. The van der Waals surface area contributed by atoms with Crippen molar-refractivity contribution in [3.05, 3.63) is 71.2 Å². The summed E-state index contributed by atoms with van der Waals surface area (Å²) in [5.41, 5.74) is 0.852. The Labute approximate surface area is 253 Å². The van der Waals surface area contributed by atoms with Crippen LogP contribution in [0.15, 0.2) is 64.5 Å². The van der Waals surface area contributed by atoms with Gasteiger partial charge in [0.15, 0.2) is 0 Å². The zero-order chi connectivity index (χ0) is 31.4. The lowest BCUT2D eigenvalue weighted by Gasteiger charge is -2.24. The summed E-state index contributed by atoms with van der Waals surface area (Å²) in [6.45, 7) is 4.87. The lowest BCUT2D eigenvalue weighted by atomic mass is 10.0. The molecule has 0 aliphatic carbocycles. The average molecular weight is 621 g/mol. The number of imidazole rings is 1. The number of anilines is 1. The number of pyridine rings is 2. The first-order valence-electron chi connectivity index (χ1n) is 14.1. The van der Waals surface area contributed by atoms with Gasteiger partial charge in [-0.3, -0.25) is 18.8 Å². The zero-order valence-corrected chi connectivity index (χ0v) is 25.9. The molecule has 0 saturated carbocycles. The smallest absolute Gasteiger partial charge is 0.329 e. The minimum absolute atomic E-state index is 0.0461. The molecular formula is C31H33FN6O5S. The summed E-state index contributed by atoms with van der Waals surface area (Å²) in [7, 11) is 1.52. The van der Waals surface area contributed by atoms with E-state index >= 15 is 4.39 Å². The molecular weight excluding hydrogens is 587 g/mol. The molecule has 5 aromatic rings. The summed E-state index contributed by atoms with van der Waals surface area (Å²) < 4.78 is 60.7. The Kier molecular flexibility index (Phi) is 7.33. The molecule has 1 N–H and O–H groups in total. The normalized spacial score (nSPS) is 14.2. The Balaban J connectivity index is 1.54. The van der Waals surface area contributed by atoms with E-state index in [1.165, 1.54) is 35.0 Å². The second-order valence-electron chi connectivity index (χ2n) is 11.7. The van der Waals surface area contributed by atoms with Crippen molar-refractivity contribution in [1.29, 1.82) is 0 Å². The van der Waals surface area contributed by atoms with Crippen LogP contribution in [0.3, 0.4) is 0 Å². The van der Waals surface area contributed by atoms with E-state index in [0.29, 0.717) is 28.4 Å². The molecule has 0 atom stereocenters. The number of benzene rings is 2. The molecule has 4 heterocycles. The SMILES string of the molecule is CN(C)CCCOc1ncc(-c2c(F)cc3ncc4c5c3c2OCC(C)(C)n5c(=O)n4C)cc1NS(=O)(=O)c1ccccc1. The van der Waals surface area contributed by atoms with Crippen molar-refractivity contribution in [3.63, 3.8) is 0 Å². The Morgan fingerprint density at radius 1 is 1.14 bits per heavy atom. The van der Waals surface area contributed by atoms with Gasteiger partial charge in [-0.05, 0) is 52.6 Å². The van der Waals surface area contributed by atoms with Crippen LogP contribution in [0, 0.1) is 5.82 Å². The van der Waals surface area contributed by atoms with Crippen LogP contribution in [0.4, 0.5) is 10.1 Å². The van der Waals surface area contributed by atoms with E-state index < -0.39 is 21.4 Å². The maximum Gasteiger partial charge on any atom is 0.329 e. The quantitative estimate of drug-likeness (QED) is 0.242. The van der Waals surface area contributed by atoms with Gasteiger partial charge in [0, 0.05) is 31.4 Å². The van der Waals surface area contributed by atoms with E-state index in [9.17, 15) is 13.2 Å².